The number of nitrogens with one attached hydrogen (secondary N) is 1. The van der Waals surface area contributed by atoms with Gasteiger partial charge in [-0.15, -0.1) is 11.3 Å². The molecule has 1 fully saturated rings. The first-order chi connectivity index (χ1) is 16.8. The maximum Gasteiger partial charge on any atom is 0.243 e. The number of hydrogen-bond acceptors (Lipinski definition) is 6. The van der Waals surface area contributed by atoms with Crippen molar-refractivity contribution in [1.29, 1.82) is 0 Å². The summed E-state index contributed by atoms with van der Waals surface area (Å²) in [4.78, 5) is 36.6. The van der Waals surface area contributed by atoms with Gasteiger partial charge in [0.2, 0.25) is 11.8 Å². The molecule has 2 heterocycles. The van der Waals surface area contributed by atoms with Gasteiger partial charge in [-0.3, -0.25) is 9.59 Å². The van der Waals surface area contributed by atoms with E-state index in [0.717, 1.165) is 21.7 Å². The van der Waals surface area contributed by atoms with Crippen molar-refractivity contribution in [2.75, 3.05) is 6.54 Å². The van der Waals surface area contributed by atoms with Crippen molar-refractivity contribution in [3.63, 3.8) is 0 Å². The lowest BCUT2D eigenvalue weighted by Gasteiger charge is -2.32. The Morgan fingerprint density at radius 3 is 2.44 bits per heavy atom. The van der Waals surface area contributed by atoms with Gasteiger partial charge in [0.15, 0.2) is 0 Å². The Hall–Kier alpha value is -2.94. The quantitative estimate of drug-likeness (QED) is 0.310. The molecule has 2 aromatic rings. The van der Waals surface area contributed by atoms with Gasteiger partial charge in [-0.1, -0.05) is 50.2 Å². The maximum atomic E-state index is 13.5. The number of likely N-dealkylation sites (tertiary alicyclic amines) is 1. The molecule has 1 N–H and O–H groups in total. The molecule has 0 unspecified atom stereocenters. The summed E-state index contributed by atoms with van der Waals surface area (Å²) >= 11 is 1.60. The SMILES string of the molecule is Cc1ncsc1-c1ccc(CNC(=O)[C@@H]2C[C@@H](OC(C)(C)C)CN2C(=O)[C@@H](N=[N+]=[N-])C(C)(C)C)cc1. The first kappa shape index (κ1) is 27.6. The van der Waals surface area contributed by atoms with Gasteiger partial charge in [-0.05, 0) is 49.8 Å². The highest BCUT2D eigenvalue weighted by molar-refractivity contribution is 7.13. The number of amides is 2. The summed E-state index contributed by atoms with van der Waals surface area (Å²) in [5.74, 6) is -0.607. The van der Waals surface area contributed by atoms with Crippen LogP contribution >= 0.6 is 11.3 Å². The van der Waals surface area contributed by atoms with Crippen LogP contribution in [0.4, 0.5) is 0 Å². The predicted octanol–water partition coefficient (Wildman–Crippen LogP) is 5.24. The summed E-state index contributed by atoms with van der Waals surface area (Å²) in [5, 5.41) is 6.76. The zero-order valence-electron chi connectivity index (χ0n) is 22.1. The van der Waals surface area contributed by atoms with Crippen LogP contribution in [0, 0.1) is 12.3 Å². The summed E-state index contributed by atoms with van der Waals surface area (Å²) in [7, 11) is 0. The number of carbonyl (C=O) groups is 2. The highest BCUT2D eigenvalue weighted by Crippen LogP contribution is 2.31. The van der Waals surface area contributed by atoms with E-state index in [1.807, 2.05) is 78.2 Å². The van der Waals surface area contributed by atoms with Gasteiger partial charge in [-0.2, -0.15) is 0 Å². The number of ether oxygens (including phenoxy) is 1. The van der Waals surface area contributed by atoms with Crippen molar-refractivity contribution in [2.45, 2.75) is 85.2 Å². The van der Waals surface area contributed by atoms with Gasteiger partial charge in [-0.25, -0.2) is 4.98 Å². The Kier molecular flexibility index (Phi) is 8.44. The molecule has 0 spiro atoms. The lowest BCUT2D eigenvalue weighted by atomic mass is 9.86. The Morgan fingerprint density at radius 2 is 1.92 bits per heavy atom. The predicted molar refractivity (Wildman–Crippen MR) is 141 cm³/mol. The average molecular weight is 513 g/mol. The highest BCUT2D eigenvalue weighted by atomic mass is 32.1. The highest BCUT2D eigenvalue weighted by Gasteiger charge is 2.45. The fourth-order valence-corrected chi connectivity index (χ4v) is 5.15. The van der Waals surface area contributed by atoms with E-state index in [2.05, 4.69) is 20.3 Å². The third-order valence-electron chi connectivity index (χ3n) is 6.02. The molecule has 194 valence electrons. The van der Waals surface area contributed by atoms with Crippen molar-refractivity contribution in [3.05, 3.63) is 51.5 Å². The second-order valence-corrected chi connectivity index (χ2v) is 12.1. The maximum absolute atomic E-state index is 13.5. The van der Waals surface area contributed by atoms with E-state index in [9.17, 15) is 9.59 Å². The molecular weight excluding hydrogens is 476 g/mol. The summed E-state index contributed by atoms with van der Waals surface area (Å²) in [6.45, 7) is 14.0. The van der Waals surface area contributed by atoms with Crippen LogP contribution < -0.4 is 5.32 Å². The van der Waals surface area contributed by atoms with Crippen LogP contribution in [0.15, 0.2) is 34.9 Å². The van der Waals surface area contributed by atoms with E-state index in [1.54, 1.807) is 11.3 Å². The number of aryl methyl sites for hydroxylation is 1. The van der Waals surface area contributed by atoms with Gasteiger partial charge in [0.25, 0.3) is 0 Å². The van der Waals surface area contributed by atoms with Crippen LogP contribution in [-0.2, 0) is 20.9 Å². The van der Waals surface area contributed by atoms with Crippen molar-refractivity contribution in [3.8, 4) is 10.4 Å². The Balaban J connectivity index is 1.74. The smallest absolute Gasteiger partial charge is 0.243 e. The second-order valence-electron chi connectivity index (χ2n) is 11.2. The zero-order chi connectivity index (χ0) is 26.7. The molecule has 1 saturated heterocycles. The fraction of sp³-hybridized carbons (Fsp3) is 0.577. The standard InChI is InChI=1S/C26H36N6O3S/c1-16-21(36-15-29-16)18-10-8-17(9-11-18)13-28-23(33)20-12-19(35-26(5,6)7)14-32(20)24(34)22(30-31-27)25(2,3)4/h8-11,15,19-20,22H,12-14H2,1-7H3,(H,28,33)/t19-,20+,22-/m1/s1. The summed E-state index contributed by atoms with van der Waals surface area (Å²) < 4.78 is 6.12. The molecule has 1 aromatic carbocycles. The van der Waals surface area contributed by atoms with Crippen molar-refractivity contribution in [1.82, 2.24) is 15.2 Å². The molecule has 2 amide bonds. The average Bonchev–Trinajstić information content (AvgIpc) is 3.40. The molecule has 0 aliphatic carbocycles. The van der Waals surface area contributed by atoms with Gasteiger partial charge in [0, 0.05) is 24.4 Å². The number of thiazole rings is 1. The zero-order valence-corrected chi connectivity index (χ0v) is 22.9. The number of carbonyl (C=O) groups excluding carboxylic acids is 2. The van der Waals surface area contributed by atoms with E-state index in [4.69, 9.17) is 10.3 Å². The summed E-state index contributed by atoms with van der Waals surface area (Å²) in [5.41, 5.74) is 12.9. The minimum absolute atomic E-state index is 0.251. The minimum Gasteiger partial charge on any atom is -0.371 e. The number of hydrogen-bond donors (Lipinski definition) is 1. The van der Waals surface area contributed by atoms with Gasteiger partial charge in [0.05, 0.1) is 27.8 Å². The third-order valence-corrected chi connectivity index (χ3v) is 7.00. The van der Waals surface area contributed by atoms with Crippen LogP contribution in [0.5, 0.6) is 0 Å². The lowest BCUT2D eigenvalue weighted by molar-refractivity contribution is -0.141. The first-order valence-corrected chi connectivity index (χ1v) is 13.0. The number of benzene rings is 1. The molecule has 0 radical (unpaired) electrons. The van der Waals surface area contributed by atoms with Crippen LogP contribution in [0.25, 0.3) is 20.9 Å². The monoisotopic (exact) mass is 512 g/mol. The van der Waals surface area contributed by atoms with E-state index < -0.39 is 23.1 Å². The van der Waals surface area contributed by atoms with E-state index in [0.29, 0.717) is 13.0 Å². The number of azide groups is 1. The molecular formula is C26H36N6O3S. The summed E-state index contributed by atoms with van der Waals surface area (Å²) in [6, 6.07) is 6.38. The van der Waals surface area contributed by atoms with Gasteiger partial charge in [0.1, 0.15) is 12.1 Å². The minimum atomic E-state index is -0.922. The molecule has 1 aliphatic heterocycles. The molecule has 1 aliphatic rings. The van der Waals surface area contributed by atoms with Gasteiger partial charge < -0.3 is 15.0 Å². The number of nitrogens with zero attached hydrogens (tertiary/aromatic N) is 5. The Bertz CT molecular complexity index is 1130. The topological polar surface area (TPSA) is 120 Å². The molecule has 10 heteroatoms. The van der Waals surface area contributed by atoms with E-state index in [1.165, 1.54) is 4.90 Å². The molecule has 3 atom stereocenters. The second kappa shape index (κ2) is 11.0. The fourth-order valence-electron chi connectivity index (χ4n) is 4.34. The molecule has 9 nitrogen and oxygen atoms in total. The van der Waals surface area contributed by atoms with Crippen LogP contribution in [0.3, 0.4) is 0 Å². The number of aromatic nitrogens is 1. The van der Waals surface area contributed by atoms with E-state index >= 15 is 0 Å². The van der Waals surface area contributed by atoms with Crippen LogP contribution in [0.2, 0.25) is 0 Å². The molecule has 0 bridgehead atoms. The third kappa shape index (κ3) is 6.84. The first-order valence-electron chi connectivity index (χ1n) is 12.1. The molecule has 3 rings (SSSR count). The van der Waals surface area contributed by atoms with Crippen molar-refractivity contribution < 1.29 is 14.3 Å². The molecule has 0 saturated carbocycles. The van der Waals surface area contributed by atoms with Crippen LogP contribution in [-0.4, -0.2) is 52.0 Å². The largest absolute Gasteiger partial charge is 0.371 e. The normalized spacial score (nSPS) is 19.0. The van der Waals surface area contributed by atoms with Crippen molar-refractivity contribution >= 4 is 23.2 Å². The Morgan fingerprint density at radius 1 is 1.25 bits per heavy atom. The molecule has 1 aromatic heterocycles. The van der Waals surface area contributed by atoms with Crippen molar-refractivity contribution in [2.24, 2.45) is 10.5 Å². The lowest BCUT2D eigenvalue weighted by Crippen LogP contribution is -2.51. The summed E-state index contributed by atoms with van der Waals surface area (Å²) in [6.07, 6.45) is 0.0873. The van der Waals surface area contributed by atoms with Gasteiger partial charge >= 0.3 is 0 Å². The number of rotatable bonds is 7. The molecule has 36 heavy (non-hydrogen) atoms. The van der Waals surface area contributed by atoms with Crippen LogP contribution in [0.1, 0.15) is 59.2 Å². The van der Waals surface area contributed by atoms with E-state index in [-0.39, 0.29) is 24.5 Å². The Labute approximate surface area is 216 Å².